The van der Waals surface area contributed by atoms with Crippen LogP contribution in [0, 0.1) is 17.5 Å². The Kier molecular flexibility index (Phi) is 6.11. The van der Waals surface area contributed by atoms with Gasteiger partial charge in [-0.05, 0) is 18.6 Å². The molecule has 8 heteroatoms. The van der Waals surface area contributed by atoms with Crippen LogP contribution in [0.4, 0.5) is 24.7 Å². The van der Waals surface area contributed by atoms with Gasteiger partial charge in [-0.2, -0.15) is 0 Å². The van der Waals surface area contributed by atoms with Crippen molar-refractivity contribution >= 4 is 17.4 Å². The van der Waals surface area contributed by atoms with Crippen LogP contribution < -0.4 is 10.6 Å². The minimum Gasteiger partial charge on any atom is -0.351 e. The zero-order valence-corrected chi connectivity index (χ0v) is 13.1. The third-order valence-electron chi connectivity index (χ3n) is 3.25. The summed E-state index contributed by atoms with van der Waals surface area (Å²) in [6.07, 6.45) is 5.38. The number of carbonyl (C=O) groups is 1. The first kappa shape index (κ1) is 17.7. The number of benzene rings is 1. The van der Waals surface area contributed by atoms with Crippen molar-refractivity contribution in [1.82, 2.24) is 15.3 Å². The Bertz CT molecular complexity index is 707. The number of hydrogen-bond donors (Lipinski definition) is 2. The molecule has 0 unspecified atom stereocenters. The molecule has 0 fully saturated rings. The van der Waals surface area contributed by atoms with Gasteiger partial charge in [-0.1, -0.05) is 19.8 Å². The standard InChI is InChI=1S/C16H17F3N4O/c1-2-3-4-7-20-16(24)12-8-22-13(9-21-12)23-11-6-5-10(17)14(18)15(11)19/h5-6,8-9H,2-4,7H2,1H3,(H,20,24)(H,22,23). The topological polar surface area (TPSA) is 66.9 Å². The van der Waals surface area contributed by atoms with E-state index in [1.807, 2.05) is 0 Å². The summed E-state index contributed by atoms with van der Waals surface area (Å²) in [7, 11) is 0. The fourth-order valence-electron chi connectivity index (χ4n) is 1.94. The summed E-state index contributed by atoms with van der Waals surface area (Å²) in [6.45, 7) is 2.61. The number of hydrogen-bond acceptors (Lipinski definition) is 4. The van der Waals surface area contributed by atoms with Gasteiger partial charge in [0.05, 0.1) is 18.1 Å². The highest BCUT2D eigenvalue weighted by Gasteiger charge is 2.14. The average molecular weight is 338 g/mol. The number of nitrogens with one attached hydrogen (secondary N) is 2. The largest absolute Gasteiger partial charge is 0.351 e. The quantitative estimate of drug-likeness (QED) is 0.598. The first-order chi connectivity index (χ1) is 11.5. The van der Waals surface area contributed by atoms with Gasteiger partial charge >= 0.3 is 0 Å². The van der Waals surface area contributed by atoms with Crippen LogP contribution in [0.2, 0.25) is 0 Å². The van der Waals surface area contributed by atoms with Crippen LogP contribution >= 0.6 is 0 Å². The SMILES string of the molecule is CCCCCNC(=O)c1cnc(Nc2ccc(F)c(F)c2F)cn1. The van der Waals surface area contributed by atoms with Crippen molar-refractivity contribution in [3.05, 3.63) is 47.7 Å². The third-order valence-corrected chi connectivity index (χ3v) is 3.25. The normalized spacial score (nSPS) is 10.5. The molecule has 0 atom stereocenters. The summed E-state index contributed by atoms with van der Waals surface area (Å²) in [5.41, 5.74) is -0.164. The lowest BCUT2D eigenvalue weighted by atomic mass is 10.2. The third kappa shape index (κ3) is 4.43. The highest BCUT2D eigenvalue weighted by atomic mass is 19.2. The van der Waals surface area contributed by atoms with Crippen LogP contribution in [-0.4, -0.2) is 22.4 Å². The molecule has 0 bridgehead atoms. The van der Waals surface area contributed by atoms with E-state index in [-0.39, 0.29) is 23.1 Å². The lowest BCUT2D eigenvalue weighted by Gasteiger charge is -2.08. The van der Waals surface area contributed by atoms with E-state index in [0.29, 0.717) is 6.54 Å². The molecule has 0 aliphatic rings. The first-order valence-corrected chi connectivity index (χ1v) is 7.53. The molecule has 1 aromatic carbocycles. The van der Waals surface area contributed by atoms with Crippen LogP contribution in [0.25, 0.3) is 0 Å². The minimum absolute atomic E-state index is 0.0995. The van der Waals surface area contributed by atoms with Gasteiger partial charge in [-0.25, -0.2) is 23.1 Å². The average Bonchev–Trinajstić information content (AvgIpc) is 2.59. The zero-order chi connectivity index (χ0) is 17.5. The molecule has 2 rings (SSSR count). The second kappa shape index (κ2) is 8.28. The fourth-order valence-corrected chi connectivity index (χ4v) is 1.94. The van der Waals surface area contributed by atoms with E-state index < -0.39 is 17.5 Å². The molecule has 128 valence electrons. The Morgan fingerprint density at radius 2 is 1.88 bits per heavy atom. The molecule has 0 saturated carbocycles. The van der Waals surface area contributed by atoms with Crippen molar-refractivity contribution in [2.75, 3.05) is 11.9 Å². The Morgan fingerprint density at radius 3 is 2.54 bits per heavy atom. The van der Waals surface area contributed by atoms with Gasteiger partial charge in [0.1, 0.15) is 11.5 Å². The van der Waals surface area contributed by atoms with Gasteiger partial charge in [0.2, 0.25) is 0 Å². The number of aromatic nitrogens is 2. The van der Waals surface area contributed by atoms with E-state index in [0.717, 1.165) is 31.4 Å². The minimum atomic E-state index is -1.57. The van der Waals surface area contributed by atoms with Crippen LogP contribution in [0.3, 0.4) is 0 Å². The second-order valence-corrected chi connectivity index (χ2v) is 5.10. The predicted octanol–water partition coefficient (Wildman–Crippen LogP) is 3.56. The molecule has 2 N–H and O–H groups in total. The molecule has 0 saturated heterocycles. The molecule has 1 heterocycles. The number of rotatable bonds is 7. The molecule has 24 heavy (non-hydrogen) atoms. The number of nitrogens with zero attached hydrogens (tertiary/aromatic N) is 2. The van der Waals surface area contributed by atoms with E-state index in [1.165, 1.54) is 12.4 Å². The lowest BCUT2D eigenvalue weighted by Crippen LogP contribution is -2.25. The molecular weight excluding hydrogens is 321 g/mol. The number of unbranched alkanes of at least 4 members (excludes halogenated alkanes) is 2. The van der Waals surface area contributed by atoms with Crippen LogP contribution in [0.1, 0.15) is 36.7 Å². The van der Waals surface area contributed by atoms with E-state index >= 15 is 0 Å². The second-order valence-electron chi connectivity index (χ2n) is 5.10. The zero-order valence-electron chi connectivity index (χ0n) is 13.1. The Hall–Kier alpha value is -2.64. The number of amides is 1. The summed E-state index contributed by atoms with van der Waals surface area (Å²) >= 11 is 0. The van der Waals surface area contributed by atoms with Gasteiger partial charge in [-0.15, -0.1) is 0 Å². The Morgan fingerprint density at radius 1 is 1.08 bits per heavy atom. The summed E-state index contributed by atoms with van der Waals surface area (Å²) in [5, 5.41) is 5.19. The number of halogens is 3. The molecule has 0 aliphatic heterocycles. The van der Waals surface area contributed by atoms with E-state index in [2.05, 4.69) is 27.5 Å². The van der Waals surface area contributed by atoms with Gasteiger partial charge < -0.3 is 10.6 Å². The van der Waals surface area contributed by atoms with Crippen molar-refractivity contribution in [2.24, 2.45) is 0 Å². The van der Waals surface area contributed by atoms with Gasteiger partial charge in [0.15, 0.2) is 17.5 Å². The maximum Gasteiger partial charge on any atom is 0.271 e. The maximum absolute atomic E-state index is 13.6. The predicted molar refractivity (Wildman–Crippen MR) is 83.5 cm³/mol. The molecule has 1 aromatic heterocycles. The summed E-state index contributed by atoms with van der Waals surface area (Å²) in [6, 6.07) is 1.84. The maximum atomic E-state index is 13.6. The van der Waals surface area contributed by atoms with Gasteiger partial charge in [0.25, 0.3) is 5.91 Å². The van der Waals surface area contributed by atoms with Crippen molar-refractivity contribution in [1.29, 1.82) is 0 Å². The fraction of sp³-hybridized carbons (Fsp3) is 0.312. The lowest BCUT2D eigenvalue weighted by molar-refractivity contribution is 0.0947. The Balaban J connectivity index is 1.99. The Labute approximate surface area is 137 Å². The molecule has 5 nitrogen and oxygen atoms in total. The molecule has 2 aromatic rings. The monoisotopic (exact) mass is 338 g/mol. The first-order valence-electron chi connectivity index (χ1n) is 7.53. The van der Waals surface area contributed by atoms with E-state index in [4.69, 9.17) is 0 Å². The van der Waals surface area contributed by atoms with E-state index in [9.17, 15) is 18.0 Å². The highest BCUT2D eigenvalue weighted by Crippen LogP contribution is 2.22. The van der Waals surface area contributed by atoms with Gasteiger partial charge in [-0.3, -0.25) is 4.79 Å². The van der Waals surface area contributed by atoms with Crippen molar-refractivity contribution in [2.45, 2.75) is 26.2 Å². The van der Waals surface area contributed by atoms with Crippen LogP contribution in [-0.2, 0) is 0 Å². The summed E-state index contributed by atoms with van der Waals surface area (Å²) in [4.78, 5) is 19.7. The number of carbonyl (C=O) groups excluding carboxylic acids is 1. The molecular formula is C16H17F3N4O. The van der Waals surface area contributed by atoms with Crippen LogP contribution in [0.5, 0.6) is 0 Å². The van der Waals surface area contributed by atoms with Crippen molar-refractivity contribution < 1.29 is 18.0 Å². The summed E-state index contributed by atoms with van der Waals surface area (Å²) in [5.74, 6) is -4.46. The molecule has 1 amide bonds. The smallest absolute Gasteiger partial charge is 0.271 e. The van der Waals surface area contributed by atoms with E-state index in [1.54, 1.807) is 0 Å². The van der Waals surface area contributed by atoms with Crippen molar-refractivity contribution in [3.63, 3.8) is 0 Å². The number of anilines is 2. The summed E-state index contributed by atoms with van der Waals surface area (Å²) < 4.78 is 39.6. The molecule has 0 aliphatic carbocycles. The van der Waals surface area contributed by atoms with Crippen molar-refractivity contribution in [3.8, 4) is 0 Å². The highest BCUT2D eigenvalue weighted by molar-refractivity contribution is 5.92. The van der Waals surface area contributed by atoms with Gasteiger partial charge in [0, 0.05) is 6.54 Å². The molecule has 0 spiro atoms. The van der Waals surface area contributed by atoms with Crippen LogP contribution in [0.15, 0.2) is 24.5 Å². The molecule has 0 radical (unpaired) electrons.